The predicted octanol–water partition coefficient (Wildman–Crippen LogP) is 3.88. The molecule has 2 atom stereocenters. The quantitative estimate of drug-likeness (QED) is 0.846. The topological polar surface area (TPSA) is 12.0 Å². The van der Waals surface area contributed by atoms with Crippen LogP contribution in [0.5, 0.6) is 0 Å². The maximum absolute atomic E-state index is 12.8. The summed E-state index contributed by atoms with van der Waals surface area (Å²) in [6.07, 6.45) is -3.83. The minimum atomic E-state index is -4.27. The van der Waals surface area contributed by atoms with Gasteiger partial charge in [-0.25, -0.2) is 0 Å². The summed E-state index contributed by atoms with van der Waals surface area (Å²) in [6, 6.07) is 6.02. The van der Waals surface area contributed by atoms with Crippen LogP contribution in [0.15, 0.2) is 24.3 Å². The molecule has 0 saturated heterocycles. The molecule has 1 nitrogen and oxygen atoms in total. The van der Waals surface area contributed by atoms with Gasteiger partial charge in [0.1, 0.15) is 0 Å². The molecule has 1 rings (SSSR count). The normalized spacial score (nSPS) is 15.4. The Balaban J connectivity index is 2.85. The Bertz CT molecular complexity index is 374. The summed E-state index contributed by atoms with van der Waals surface area (Å²) in [5.41, 5.74) is -0.136. The second kappa shape index (κ2) is 6.23. The number of hydrogen-bond donors (Lipinski definition) is 1. The number of rotatable bonds is 5. The van der Waals surface area contributed by atoms with Crippen LogP contribution in [0.2, 0.25) is 0 Å². The third kappa shape index (κ3) is 4.02. The molecule has 0 bridgehead atoms. The van der Waals surface area contributed by atoms with Crippen molar-refractivity contribution in [1.29, 1.82) is 0 Å². The second-order valence-electron chi connectivity index (χ2n) is 4.68. The number of benzene rings is 1. The minimum Gasteiger partial charge on any atom is -0.314 e. The highest BCUT2D eigenvalue weighted by Crippen LogP contribution is 2.33. The van der Waals surface area contributed by atoms with Gasteiger partial charge < -0.3 is 5.32 Å². The van der Waals surface area contributed by atoms with Gasteiger partial charge in [0.25, 0.3) is 0 Å². The van der Waals surface area contributed by atoms with Crippen molar-refractivity contribution in [1.82, 2.24) is 5.32 Å². The van der Waals surface area contributed by atoms with Gasteiger partial charge in [0.05, 0.1) is 5.56 Å². The van der Waals surface area contributed by atoms with Crippen molar-refractivity contribution in [2.75, 3.05) is 6.54 Å². The lowest BCUT2D eigenvalue weighted by Gasteiger charge is -2.22. The molecule has 0 heterocycles. The Morgan fingerprint density at radius 2 is 1.78 bits per heavy atom. The smallest absolute Gasteiger partial charge is 0.314 e. The van der Waals surface area contributed by atoms with Crippen LogP contribution in [0.3, 0.4) is 0 Å². The van der Waals surface area contributed by atoms with E-state index >= 15 is 0 Å². The lowest BCUT2D eigenvalue weighted by atomic mass is 9.92. The molecule has 18 heavy (non-hydrogen) atoms. The standard InChI is InChI=1S/C14H20F3N/c1-4-18-11(3)10(2)9-12-7-5-6-8-13(12)14(15,16)17/h5-8,10-11,18H,4,9H2,1-3H3. The van der Waals surface area contributed by atoms with Crippen LogP contribution in [0.4, 0.5) is 13.2 Å². The summed E-state index contributed by atoms with van der Waals surface area (Å²) in [5, 5.41) is 3.24. The van der Waals surface area contributed by atoms with Crippen molar-refractivity contribution in [2.24, 2.45) is 5.92 Å². The first-order chi connectivity index (χ1) is 8.36. The maximum Gasteiger partial charge on any atom is 0.416 e. The van der Waals surface area contributed by atoms with E-state index in [2.05, 4.69) is 5.32 Å². The van der Waals surface area contributed by atoms with Crippen LogP contribution in [0.1, 0.15) is 31.9 Å². The molecule has 1 aromatic rings. The monoisotopic (exact) mass is 259 g/mol. The first-order valence-electron chi connectivity index (χ1n) is 6.24. The van der Waals surface area contributed by atoms with Gasteiger partial charge in [-0.15, -0.1) is 0 Å². The van der Waals surface area contributed by atoms with Gasteiger partial charge in [-0.1, -0.05) is 32.0 Å². The van der Waals surface area contributed by atoms with Crippen LogP contribution in [-0.2, 0) is 12.6 Å². The summed E-state index contributed by atoms with van der Waals surface area (Å²) >= 11 is 0. The molecule has 0 spiro atoms. The minimum absolute atomic E-state index is 0.161. The highest BCUT2D eigenvalue weighted by atomic mass is 19.4. The van der Waals surface area contributed by atoms with Gasteiger partial charge >= 0.3 is 6.18 Å². The molecule has 0 radical (unpaired) electrons. The molecule has 0 saturated carbocycles. The Labute approximate surface area is 106 Å². The SMILES string of the molecule is CCNC(C)C(C)Cc1ccccc1C(F)(F)F. The van der Waals surface area contributed by atoms with E-state index in [9.17, 15) is 13.2 Å². The summed E-state index contributed by atoms with van der Waals surface area (Å²) in [7, 11) is 0. The van der Waals surface area contributed by atoms with Crippen LogP contribution < -0.4 is 5.32 Å². The van der Waals surface area contributed by atoms with Gasteiger partial charge in [0.15, 0.2) is 0 Å². The fourth-order valence-electron chi connectivity index (χ4n) is 2.02. The summed E-state index contributed by atoms with van der Waals surface area (Å²) in [6.45, 7) is 6.80. The van der Waals surface area contributed by atoms with Crippen molar-refractivity contribution >= 4 is 0 Å². The average Bonchev–Trinajstić information content (AvgIpc) is 2.28. The Morgan fingerprint density at radius 3 is 2.33 bits per heavy atom. The average molecular weight is 259 g/mol. The van der Waals surface area contributed by atoms with Crippen LogP contribution in [-0.4, -0.2) is 12.6 Å². The zero-order chi connectivity index (χ0) is 13.8. The number of nitrogens with one attached hydrogen (secondary N) is 1. The fourth-order valence-corrected chi connectivity index (χ4v) is 2.02. The van der Waals surface area contributed by atoms with Gasteiger partial charge in [-0.2, -0.15) is 13.2 Å². The fraction of sp³-hybridized carbons (Fsp3) is 0.571. The third-order valence-electron chi connectivity index (χ3n) is 3.24. The summed E-state index contributed by atoms with van der Waals surface area (Å²) in [4.78, 5) is 0. The molecule has 0 aliphatic rings. The molecular formula is C14H20F3N. The molecule has 0 fully saturated rings. The Morgan fingerprint density at radius 1 is 1.17 bits per heavy atom. The van der Waals surface area contributed by atoms with Gasteiger partial charge in [0.2, 0.25) is 0 Å². The number of halogens is 3. The van der Waals surface area contributed by atoms with E-state index in [0.717, 1.165) is 12.6 Å². The van der Waals surface area contributed by atoms with E-state index < -0.39 is 11.7 Å². The molecule has 0 aliphatic carbocycles. The largest absolute Gasteiger partial charge is 0.416 e. The third-order valence-corrected chi connectivity index (χ3v) is 3.24. The molecule has 0 amide bonds. The van der Waals surface area contributed by atoms with Crippen molar-refractivity contribution in [3.05, 3.63) is 35.4 Å². The first-order valence-corrected chi connectivity index (χ1v) is 6.24. The molecule has 102 valence electrons. The lowest BCUT2D eigenvalue weighted by Crippen LogP contribution is -2.33. The molecule has 4 heteroatoms. The van der Waals surface area contributed by atoms with Gasteiger partial charge in [-0.3, -0.25) is 0 Å². The molecule has 0 aromatic heterocycles. The Kier molecular flexibility index (Phi) is 5.20. The zero-order valence-corrected chi connectivity index (χ0v) is 11.0. The molecule has 1 aromatic carbocycles. The predicted molar refractivity (Wildman–Crippen MR) is 67.5 cm³/mol. The van der Waals surface area contributed by atoms with Crippen LogP contribution >= 0.6 is 0 Å². The second-order valence-corrected chi connectivity index (χ2v) is 4.68. The van der Waals surface area contributed by atoms with E-state index in [0.29, 0.717) is 12.0 Å². The molecule has 2 unspecified atom stereocenters. The van der Waals surface area contributed by atoms with Gasteiger partial charge in [0, 0.05) is 6.04 Å². The summed E-state index contributed by atoms with van der Waals surface area (Å²) in [5.74, 6) is 0.161. The molecule has 1 N–H and O–H groups in total. The van der Waals surface area contributed by atoms with Crippen LogP contribution in [0, 0.1) is 5.92 Å². The van der Waals surface area contributed by atoms with Crippen molar-refractivity contribution < 1.29 is 13.2 Å². The molecular weight excluding hydrogens is 239 g/mol. The number of hydrogen-bond acceptors (Lipinski definition) is 1. The van der Waals surface area contributed by atoms with E-state index in [1.165, 1.54) is 6.07 Å². The van der Waals surface area contributed by atoms with Gasteiger partial charge in [-0.05, 0) is 37.4 Å². The summed E-state index contributed by atoms with van der Waals surface area (Å²) < 4.78 is 38.5. The highest BCUT2D eigenvalue weighted by Gasteiger charge is 2.33. The maximum atomic E-state index is 12.8. The molecule has 0 aliphatic heterocycles. The van der Waals surface area contributed by atoms with E-state index in [-0.39, 0.29) is 12.0 Å². The highest BCUT2D eigenvalue weighted by molar-refractivity contribution is 5.30. The van der Waals surface area contributed by atoms with E-state index in [1.54, 1.807) is 12.1 Å². The van der Waals surface area contributed by atoms with Crippen molar-refractivity contribution in [3.63, 3.8) is 0 Å². The number of alkyl halides is 3. The lowest BCUT2D eigenvalue weighted by molar-refractivity contribution is -0.138. The first kappa shape index (κ1) is 15.0. The zero-order valence-electron chi connectivity index (χ0n) is 11.0. The Hall–Kier alpha value is -1.03. The van der Waals surface area contributed by atoms with E-state index in [1.807, 2.05) is 20.8 Å². The van der Waals surface area contributed by atoms with Crippen LogP contribution in [0.25, 0.3) is 0 Å². The van der Waals surface area contributed by atoms with E-state index in [4.69, 9.17) is 0 Å². The van der Waals surface area contributed by atoms with Crippen molar-refractivity contribution in [2.45, 2.75) is 39.4 Å². The van der Waals surface area contributed by atoms with Crippen molar-refractivity contribution in [3.8, 4) is 0 Å².